The maximum atomic E-state index is 11.6. The van der Waals surface area contributed by atoms with Gasteiger partial charge in [-0.2, -0.15) is 5.10 Å². The Kier molecular flexibility index (Phi) is 2.29. The number of carbonyl (C=O) groups excluding carboxylic acids is 1. The second-order valence-corrected chi connectivity index (χ2v) is 3.24. The Morgan fingerprint density at radius 3 is 2.80 bits per heavy atom. The van der Waals surface area contributed by atoms with Gasteiger partial charge < -0.3 is 9.73 Å². The lowest BCUT2D eigenvalue weighted by molar-refractivity contribution is 0.0995. The van der Waals surface area contributed by atoms with Crippen molar-refractivity contribution < 1.29 is 9.21 Å². The number of hydrogen-bond acceptors (Lipinski definition) is 3. The highest BCUT2D eigenvalue weighted by molar-refractivity contribution is 6.01. The molecule has 2 rings (SSSR count). The molecule has 0 unspecified atom stereocenters. The van der Waals surface area contributed by atoms with Gasteiger partial charge in [0.1, 0.15) is 5.76 Å². The van der Waals surface area contributed by atoms with E-state index in [1.807, 2.05) is 0 Å². The van der Waals surface area contributed by atoms with E-state index in [0.29, 0.717) is 11.6 Å². The summed E-state index contributed by atoms with van der Waals surface area (Å²) in [6.07, 6.45) is 1.75. The van der Waals surface area contributed by atoms with Crippen molar-refractivity contribution in [1.82, 2.24) is 9.78 Å². The Bertz CT molecular complexity index is 484. The number of anilines is 1. The molecule has 0 aliphatic heterocycles. The van der Waals surface area contributed by atoms with Gasteiger partial charge in [0.05, 0.1) is 0 Å². The first-order valence-corrected chi connectivity index (χ1v) is 4.52. The van der Waals surface area contributed by atoms with Gasteiger partial charge >= 0.3 is 0 Å². The van der Waals surface area contributed by atoms with E-state index in [2.05, 4.69) is 10.4 Å². The molecule has 5 heteroatoms. The molecular formula is C10H11N3O2. The minimum Gasteiger partial charge on any atom is -0.456 e. The minimum atomic E-state index is -0.290. The fourth-order valence-electron chi connectivity index (χ4n) is 1.22. The molecule has 0 aromatic carbocycles. The number of rotatable bonds is 2. The van der Waals surface area contributed by atoms with Gasteiger partial charge in [0.2, 0.25) is 0 Å². The van der Waals surface area contributed by atoms with Gasteiger partial charge in [-0.05, 0) is 19.1 Å². The first-order valence-electron chi connectivity index (χ1n) is 4.52. The van der Waals surface area contributed by atoms with E-state index in [1.54, 1.807) is 43.0 Å². The Morgan fingerprint density at radius 2 is 2.27 bits per heavy atom. The van der Waals surface area contributed by atoms with Gasteiger partial charge in [-0.1, -0.05) is 0 Å². The summed E-state index contributed by atoms with van der Waals surface area (Å²) < 4.78 is 6.79. The van der Waals surface area contributed by atoms with Crippen LogP contribution < -0.4 is 5.32 Å². The number of nitrogens with one attached hydrogen (secondary N) is 1. The normalized spacial score (nSPS) is 10.3. The van der Waals surface area contributed by atoms with E-state index in [-0.39, 0.29) is 11.7 Å². The molecule has 0 fully saturated rings. The predicted octanol–water partition coefficient (Wildman–Crippen LogP) is 1.57. The van der Waals surface area contributed by atoms with E-state index in [1.165, 1.54) is 0 Å². The molecule has 1 amide bonds. The second kappa shape index (κ2) is 3.61. The van der Waals surface area contributed by atoms with Crippen LogP contribution in [0, 0.1) is 6.92 Å². The highest BCUT2D eigenvalue weighted by Crippen LogP contribution is 2.09. The van der Waals surface area contributed by atoms with E-state index >= 15 is 0 Å². The summed E-state index contributed by atoms with van der Waals surface area (Å²) in [5.74, 6) is 1.22. The lowest BCUT2D eigenvalue weighted by Gasteiger charge is -1.97. The van der Waals surface area contributed by atoms with Gasteiger partial charge in [0.25, 0.3) is 5.91 Å². The number of nitrogens with zero attached hydrogens (tertiary/aromatic N) is 2. The van der Waals surface area contributed by atoms with Gasteiger partial charge in [-0.15, -0.1) is 0 Å². The number of aromatic nitrogens is 2. The Balaban J connectivity index is 2.10. The highest BCUT2D eigenvalue weighted by Gasteiger charge is 2.10. The molecule has 2 aromatic rings. The second-order valence-electron chi connectivity index (χ2n) is 3.24. The molecule has 0 bridgehead atoms. The molecule has 0 aliphatic carbocycles. The van der Waals surface area contributed by atoms with E-state index in [9.17, 15) is 4.79 Å². The molecule has 0 radical (unpaired) electrons. The van der Waals surface area contributed by atoms with Crippen LogP contribution in [-0.2, 0) is 7.05 Å². The van der Waals surface area contributed by atoms with Crippen molar-refractivity contribution in [3.63, 3.8) is 0 Å². The zero-order chi connectivity index (χ0) is 10.8. The van der Waals surface area contributed by atoms with Crippen LogP contribution in [0.4, 0.5) is 5.82 Å². The smallest absolute Gasteiger partial charge is 0.292 e. The third-order valence-electron chi connectivity index (χ3n) is 1.92. The third-order valence-corrected chi connectivity index (χ3v) is 1.92. The van der Waals surface area contributed by atoms with Crippen molar-refractivity contribution in [2.24, 2.45) is 7.05 Å². The summed E-state index contributed by atoms with van der Waals surface area (Å²) in [4.78, 5) is 11.6. The average molecular weight is 205 g/mol. The Morgan fingerprint density at radius 1 is 1.47 bits per heavy atom. The van der Waals surface area contributed by atoms with Crippen molar-refractivity contribution in [2.75, 3.05) is 5.32 Å². The van der Waals surface area contributed by atoms with Crippen molar-refractivity contribution in [3.8, 4) is 0 Å². The maximum Gasteiger partial charge on any atom is 0.292 e. The molecule has 0 saturated heterocycles. The summed E-state index contributed by atoms with van der Waals surface area (Å²) in [7, 11) is 1.78. The van der Waals surface area contributed by atoms with Crippen molar-refractivity contribution >= 4 is 11.7 Å². The van der Waals surface area contributed by atoms with E-state index in [0.717, 1.165) is 0 Å². The largest absolute Gasteiger partial charge is 0.456 e. The topological polar surface area (TPSA) is 60.1 Å². The Hall–Kier alpha value is -2.04. The first kappa shape index (κ1) is 9.51. The average Bonchev–Trinajstić information content (AvgIpc) is 2.75. The summed E-state index contributed by atoms with van der Waals surface area (Å²) in [6.45, 7) is 1.79. The lowest BCUT2D eigenvalue weighted by atomic mass is 10.4. The lowest BCUT2D eigenvalue weighted by Crippen LogP contribution is -2.11. The van der Waals surface area contributed by atoms with Crippen molar-refractivity contribution in [3.05, 3.63) is 35.9 Å². The molecular weight excluding hydrogens is 194 g/mol. The number of hydrogen-bond donors (Lipinski definition) is 1. The van der Waals surface area contributed by atoms with Crippen LogP contribution in [0.15, 0.2) is 28.8 Å². The van der Waals surface area contributed by atoms with Gasteiger partial charge in [-0.25, -0.2) is 0 Å². The molecule has 5 nitrogen and oxygen atoms in total. The van der Waals surface area contributed by atoms with Crippen LogP contribution in [0.3, 0.4) is 0 Å². The third kappa shape index (κ3) is 2.07. The van der Waals surface area contributed by atoms with Crippen LogP contribution in [0.5, 0.6) is 0 Å². The fraction of sp³-hybridized carbons (Fsp3) is 0.200. The number of carbonyl (C=O) groups is 1. The molecule has 15 heavy (non-hydrogen) atoms. The van der Waals surface area contributed by atoms with Gasteiger partial charge in [0.15, 0.2) is 11.6 Å². The Labute approximate surface area is 86.7 Å². The van der Waals surface area contributed by atoms with Crippen LogP contribution in [-0.4, -0.2) is 15.7 Å². The number of amides is 1. The molecule has 0 atom stereocenters. The van der Waals surface area contributed by atoms with Crippen LogP contribution >= 0.6 is 0 Å². The predicted molar refractivity (Wildman–Crippen MR) is 54.6 cm³/mol. The highest BCUT2D eigenvalue weighted by atomic mass is 16.3. The summed E-state index contributed by atoms with van der Waals surface area (Å²) in [5, 5.41) is 6.65. The summed E-state index contributed by atoms with van der Waals surface area (Å²) in [6, 6.07) is 5.09. The molecule has 78 valence electrons. The standard InChI is InChI=1S/C10H11N3O2/c1-7-3-4-8(15-7)10(14)11-9-5-6-13(2)12-9/h3-6H,1-2H3,(H,11,12,14). The van der Waals surface area contributed by atoms with E-state index in [4.69, 9.17) is 4.42 Å². The number of furan rings is 1. The van der Waals surface area contributed by atoms with Crippen molar-refractivity contribution in [1.29, 1.82) is 0 Å². The summed E-state index contributed by atoms with van der Waals surface area (Å²) in [5.41, 5.74) is 0. The summed E-state index contributed by atoms with van der Waals surface area (Å²) >= 11 is 0. The molecule has 0 spiro atoms. The quantitative estimate of drug-likeness (QED) is 0.809. The maximum absolute atomic E-state index is 11.6. The first-order chi connectivity index (χ1) is 7.15. The zero-order valence-corrected chi connectivity index (χ0v) is 8.52. The minimum absolute atomic E-state index is 0.290. The molecule has 2 heterocycles. The van der Waals surface area contributed by atoms with Crippen LogP contribution in [0.2, 0.25) is 0 Å². The fourth-order valence-corrected chi connectivity index (χ4v) is 1.22. The van der Waals surface area contributed by atoms with Crippen LogP contribution in [0.1, 0.15) is 16.3 Å². The van der Waals surface area contributed by atoms with Gasteiger partial charge in [0, 0.05) is 19.3 Å². The van der Waals surface area contributed by atoms with E-state index < -0.39 is 0 Å². The van der Waals surface area contributed by atoms with Crippen molar-refractivity contribution in [2.45, 2.75) is 6.92 Å². The molecule has 1 N–H and O–H groups in total. The van der Waals surface area contributed by atoms with Crippen LogP contribution in [0.25, 0.3) is 0 Å². The number of aryl methyl sites for hydroxylation is 2. The molecule has 2 aromatic heterocycles. The zero-order valence-electron chi connectivity index (χ0n) is 8.52. The SMILES string of the molecule is Cc1ccc(C(=O)Nc2ccn(C)n2)o1. The molecule has 0 aliphatic rings. The molecule has 0 saturated carbocycles. The van der Waals surface area contributed by atoms with Gasteiger partial charge in [-0.3, -0.25) is 9.48 Å². The monoisotopic (exact) mass is 205 g/mol.